The van der Waals surface area contributed by atoms with Gasteiger partial charge in [-0.15, -0.1) is 0 Å². The van der Waals surface area contributed by atoms with Gasteiger partial charge in [-0.2, -0.15) is 19.0 Å². The van der Waals surface area contributed by atoms with Gasteiger partial charge in [-0.1, -0.05) is 16.9 Å². The first-order valence-corrected chi connectivity index (χ1v) is 8.60. The summed E-state index contributed by atoms with van der Waals surface area (Å²) in [4.78, 5) is 12.3. The molecule has 2 N–H and O–H groups in total. The summed E-state index contributed by atoms with van der Waals surface area (Å²) in [6.07, 6.45) is 1.33. The predicted octanol–water partition coefficient (Wildman–Crippen LogP) is 2.88. The maximum Gasteiger partial charge on any atom is 0.387 e. The number of nitrogen functional groups attached to an aromatic ring is 1. The molecule has 2 heterocycles. The normalized spacial score (nSPS) is 10.7. The van der Waals surface area contributed by atoms with Crippen molar-refractivity contribution in [1.29, 1.82) is 5.26 Å². The van der Waals surface area contributed by atoms with Gasteiger partial charge < -0.3 is 19.7 Å². The summed E-state index contributed by atoms with van der Waals surface area (Å²) in [5.74, 6) is 0.902. The van der Waals surface area contributed by atoms with Crippen LogP contribution < -0.4 is 15.2 Å². The van der Waals surface area contributed by atoms with Gasteiger partial charge in [-0.05, 0) is 18.2 Å². The van der Waals surface area contributed by atoms with Gasteiger partial charge >= 0.3 is 6.61 Å². The Balaban J connectivity index is 1.72. The zero-order valence-corrected chi connectivity index (χ0v) is 15.1. The van der Waals surface area contributed by atoms with Crippen molar-refractivity contribution in [2.24, 2.45) is 0 Å². The maximum absolute atomic E-state index is 12.4. The highest BCUT2D eigenvalue weighted by Gasteiger charge is 2.15. The first-order valence-electron chi connectivity index (χ1n) is 7.61. The number of thioether (sulfide) groups is 1. The van der Waals surface area contributed by atoms with Gasteiger partial charge in [0.1, 0.15) is 17.5 Å². The molecule has 0 aliphatic carbocycles. The van der Waals surface area contributed by atoms with Crippen molar-refractivity contribution in [3.63, 3.8) is 0 Å². The number of aromatic nitrogens is 4. The van der Waals surface area contributed by atoms with E-state index >= 15 is 0 Å². The number of nitrogens with two attached hydrogens (primary N) is 1. The Labute approximate surface area is 161 Å². The molecular formula is C16H12F2N6O3S. The minimum Gasteiger partial charge on any atom is -0.493 e. The zero-order chi connectivity index (χ0) is 20.1. The minimum atomic E-state index is -2.97. The van der Waals surface area contributed by atoms with E-state index in [1.54, 1.807) is 0 Å². The van der Waals surface area contributed by atoms with Crippen LogP contribution in [0.25, 0.3) is 11.4 Å². The van der Waals surface area contributed by atoms with Crippen LogP contribution in [0.1, 0.15) is 11.5 Å². The fourth-order valence-electron chi connectivity index (χ4n) is 2.09. The fourth-order valence-corrected chi connectivity index (χ4v) is 2.75. The Hall–Kier alpha value is -3.46. The minimum absolute atomic E-state index is 0.0874. The number of halogens is 2. The molecule has 3 rings (SSSR count). The van der Waals surface area contributed by atoms with Crippen LogP contribution in [0.15, 0.2) is 34.1 Å². The summed E-state index contributed by atoms with van der Waals surface area (Å²) < 4.78 is 39.4. The molecule has 0 aliphatic heterocycles. The molecule has 2 aromatic heterocycles. The number of rotatable bonds is 7. The average molecular weight is 406 g/mol. The monoisotopic (exact) mass is 406 g/mol. The van der Waals surface area contributed by atoms with Crippen molar-refractivity contribution in [2.45, 2.75) is 17.5 Å². The maximum atomic E-state index is 12.4. The van der Waals surface area contributed by atoms with E-state index in [1.807, 2.05) is 6.07 Å². The van der Waals surface area contributed by atoms with E-state index in [0.29, 0.717) is 16.6 Å². The third-order valence-corrected chi connectivity index (χ3v) is 4.19. The van der Waals surface area contributed by atoms with Crippen LogP contribution in [0.2, 0.25) is 0 Å². The smallest absolute Gasteiger partial charge is 0.387 e. The third kappa shape index (κ3) is 4.44. The van der Waals surface area contributed by atoms with E-state index < -0.39 is 6.61 Å². The number of nitriles is 1. The lowest BCUT2D eigenvalue weighted by atomic mass is 10.2. The number of methoxy groups -OCH3 is 1. The van der Waals surface area contributed by atoms with Crippen LogP contribution in [0.3, 0.4) is 0 Å². The second-order valence-electron chi connectivity index (χ2n) is 5.11. The fraction of sp³-hybridized carbons (Fsp3) is 0.188. The molecule has 12 heteroatoms. The first-order chi connectivity index (χ1) is 13.5. The molecule has 0 unspecified atom stereocenters. The Morgan fingerprint density at radius 1 is 1.32 bits per heavy atom. The van der Waals surface area contributed by atoms with E-state index in [9.17, 15) is 8.78 Å². The van der Waals surface area contributed by atoms with Gasteiger partial charge in [0.25, 0.3) is 0 Å². The molecule has 0 spiro atoms. The van der Waals surface area contributed by atoms with Gasteiger partial charge in [-0.25, -0.2) is 9.97 Å². The number of hydrogen-bond donors (Lipinski definition) is 1. The van der Waals surface area contributed by atoms with Crippen molar-refractivity contribution >= 4 is 17.6 Å². The van der Waals surface area contributed by atoms with Gasteiger partial charge in [0.2, 0.25) is 11.7 Å². The Morgan fingerprint density at radius 2 is 2.14 bits per heavy atom. The van der Waals surface area contributed by atoms with E-state index in [1.165, 1.54) is 43.3 Å². The topological polar surface area (TPSA) is 133 Å². The van der Waals surface area contributed by atoms with Crippen molar-refractivity contribution in [3.8, 4) is 29.0 Å². The second-order valence-corrected chi connectivity index (χ2v) is 6.05. The quantitative estimate of drug-likeness (QED) is 0.461. The summed E-state index contributed by atoms with van der Waals surface area (Å²) in [6.45, 7) is -2.97. The molecule has 0 amide bonds. The number of alkyl halides is 2. The molecule has 1 aromatic carbocycles. The largest absolute Gasteiger partial charge is 0.493 e. The highest BCUT2D eigenvalue weighted by atomic mass is 32.2. The average Bonchev–Trinajstić information content (AvgIpc) is 3.15. The van der Waals surface area contributed by atoms with Crippen LogP contribution in [0, 0.1) is 11.3 Å². The number of nitrogens with zero attached hydrogens (tertiary/aromatic N) is 5. The van der Waals surface area contributed by atoms with E-state index in [2.05, 4.69) is 24.8 Å². The van der Waals surface area contributed by atoms with Crippen molar-refractivity contribution in [1.82, 2.24) is 20.1 Å². The van der Waals surface area contributed by atoms with Gasteiger partial charge in [0.05, 0.1) is 19.1 Å². The molecule has 0 atom stereocenters. The molecule has 0 fully saturated rings. The standard InChI is InChI=1S/C16H12F2N6O3S/c1-25-11-4-8(2-3-10(11)26-15(17)18)14-22-12(27-24-14)7-28-16-21-6-9(5-19)13(20)23-16/h2-4,6,15H,7H2,1H3,(H2,20,21,23). The molecule has 28 heavy (non-hydrogen) atoms. The summed E-state index contributed by atoms with van der Waals surface area (Å²) in [6, 6.07) is 6.18. The molecule has 3 aromatic rings. The number of hydrogen-bond acceptors (Lipinski definition) is 10. The third-order valence-electron chi connectivity index (χ3n) is 3.35. The molecule has 144 valence electrons. The molecule has 0 saturated carbocycles. The number of ether oxygens (including phenoxy) is 2. The van der Waals surface area contributed by atoms with Gasteiger partial charge in [-0.3, -0.25) is 0 Å². The predicted molar refractivity (Wildman–Crippen MR) is 93.6 cm³/mol. The molecule has 0 saturated heterocycles. The van der Waals surface area contributed by atoms with Crippen molar-refractivity contribution in [2.75, 3.05) is 12.8 Å². The lowest BCUT2D eigenvalue weighted by Crippen LogP contribution is -2.03. The summed E-state index contributed by atoms with van der Waals surface area (Å²) >= 11 is 1.20. The summed E-state index contributed by atoms with van der Waals surface area (Å²) in [5, 5.41) is 13.0. The van der Waals surface area contributed by atoms with Gasteiger partial charge in [0.15, 0.2) is 16.7 Å². The lowest BCUT2D eigenvalue weighted by molar-refractivity contribution is -0.0512. The molecule has 0 radical (unpaired) electrons. The van der Waals surface area contributed by atoms with Crippen LogP contribution >= 0.6 is 11.8 Å². The summed E-state index contributed by atoms with van der Waals surface area (Å²) in [5.41, 5.74) is 6.33. The molecule has 0 aliphatic rings. The highest BCUT2D eigenvalue weighted by molar-refractivity contribution is 7.98. The van der Waals surface area contributed by atoms with Crippen LogP contribution in [0.4, 0.5) is 14.6 Å². The van der Waals surface area contributed by atoms with Crippen LogP contribution in [-0.2, 0) is 5.75 Å². The Morgan fingerprint density at radius 3 is 2.82 bits per heavy atom. The lowest BCUT2D eigenvalue weighted by Gasteiger charge is -2.10. The van der Waals surface area contributed by atoms with E-state index in [-0.39, 0.29) is 34.5 Å². The van der Waals surface area contributed by atoms with Gasteiger partial charge in [0, 0.05) is 5.56 Å². The Bertz CT molecular complexity index is 1020. The Kier molecular flexibility index (Phi) is 5.85. The highest BCUT2D eigenvalue weighted by Crippen LogP contribution is 2.33. The second kappa shape index (κ2) is 8.49. The van der Waals surface area contributed by atoms with Crippen molar-refractivity contribution < 1.29 is 22.8 Å². The van der Waals surface area contributed by atoms with Crippen molar-refractivity contribution in [3.05, 3.63) is 35.9 Å². The van der Waals surface area contributed by atoms with Crippen LogP contribution in [0.5, 0.6) is 11.5 Å². The van der Waals surface area contributed by atoms with Crippen LogP contribution in [-0.4, -0.2) is 33.8 Å². The number of benzene rings is 1. The molecule has 0 bridgehead atoms. The summed E-state index contributed by atoms with van der Waals surface area (Å²) in [7, 11) is 1.33. The number of anilines is 1. The molecular weight excluding hydrogens is 394 g/mol. The molecule has 9 nitrogen and oxygen atoms in total. The SMILES string of the molecule is COc1cc(-c2noc(CSc3ncc(C#N)c(N)n3)n2)ccc1OC(F)F. The van der Waals surface area contributed by atoms with E-state index in [0.717, 1.165) is 0 Å². The first kappa shape index (κ1) is 19.3. The van der Waals surface area contributed by atoms with E-state index in [4.69, 9.17) is 20.3 Å². The zero-order valence-electron chi connectivity index (χ0n) is 14.3.